The summed E-state index contributed by atoms with van der Waals surface area (Å²) < 4.78 is 12.0. The number of aromatic amines is 1. The summed E-state index contributed by atoms with van der Waals surface area (Å²) in [6.07, 6.45) is 4.94. The number of ether oxygens (including phenoxy) is 2. The molecular formula is C36H44N4O6S. The first kappa shape index (κ1) is 33.0. The van der Waals surface area contributed by atoms with Gasteiger partial charge in [-0.3, -0.25) is 9.69 Å². The Morgan fingerprint density at radius 2 is 1.89 bits per heavy atom. The number of hydrogen-bond acceptors (Lipinski definition) is 9. The zero-order valence-electron chi connectivity index (χ0n) is 26.5. The number of amides is 1. The molecule has 3 fully saturated rings. The van der Waals surface area contributed by atoms with Crippen LogP contribution in [0.4, 0.5) is 4.79 Å². The Hall–Kier alpha value is -3.90. The van der Waals surface area contributed by atoms with Crippen LogP contribution in [0.15, 0.2) is 70.2 Å². The van der Waals surface area contributed by atoms with Crippen LogP contribution in [-0.2, 0) is 4.74 Å². The fourth-order valence-corrected chi connectivity index (χ4v) is 7.40. The van der Waals surface area contributed by atoms with Gasteiger partial charge >= 0.3 is 6.09 Å². The molecule has 0 aliphatic carbocycles. The summed E-state index contributed by atoms with van der Waals surface area (Å²) >= 11 is 1.60. The van der Waals surface area contributed by atoms with E-state index >= 15 is 0 Å². The molecule has 1 amide bonds. The van der Waals surface area contributed by atoms with Crippen molar-refractivity contribution in [3.05, 3.63) is 92.4 Å². The van der Waals surface area contributed by atoms with Crippen molar-refractivity contribution >= 4 is 28.3 Å². The highest BCUT2D eigenvalue weighted by Gasteiger charge is 2.37. The predicted octanol–water partition coefficient (Wildman–Crippen LogP) is 5.47. The number of aromatic hydroxyl groups is 1. The Morgan fingerprint density at radius 1 is 1.04 bits per heavy atom. The Morgan fingerprint density at radius 3 is 2.68 bits per heavy atom. The van der Waals surface area contributed by atoms with Crippen LogP contribution >= 0.6 is 11.3 Å². The molecule has 2 bridgehead atoms. The third-order valence-electron chi connectivity index (χ3n) is 9.30. The van der Waals surface area contributed by atoms with Gasteiger partial charge in [0.2, 0.25) is 5.56 Å². The van der Waals surface area contributed by atoms with Crippen LogP contribution in [-0.4, -0.2) is 71.6 Å². The smallest absolute Gasteiger partial charge is 0.408 e. The van der Waals surface area contributed by atoms with Gasteiger partial charge in [0.15, 0.2) is 0 Å². The van der Waals surface area contributed by atoms with Crippen molar-refractivity contribution in [1.82, 2.24) is 20.5 Å². The van der Waals surface area contributed by atoms with Gasteiger partial charge in [0.1, 0.15) is 17.6 Å². The summed E-state index contributed by atoms with van der Waals surface area (Å²) in [5.41, 5.74) is 2.66. The first-order chi connectivity index (χ1) is 22.9. The van der Waals surface area contributed by atoms with Crippen molar-refractivity contribution in [2.24, 2.45) is 5.92 Å². The molecule has 47 heavy (non-hydrogen) atoms. The molecule has 0 spiro atoms. The summed E-state index contributed by atoms with van der Waals surface area (Å²) in [7, 11) is 0. The van der Waals surface area contributed by atoms with Gasteiger partial charge < -0.3 is 35.3 Å². The van der Waals surface area contributed by atoms with Gasteiger partial charge in [0.25, 0.3) is 0 Å². The molecule has 3 aliphatic heterocycles. The number of aromatic nitrogens is 1. The number of piperidine rings is 3. The maximum Gasteiger partial charge on any atom is 0.408 e. The SMILES string of the molecule is O=C(NC(c1ccsc1)c1cccc(OCCCCCCNC[C@H](O)c2ccc(O)c3[nH]c(=O)ccc23)c1)O[C@H]1CN2CCC1CC2. The second kappa shape index (κ2) is 15.8. The van der Waals surface area contributed by atoms with Crippen LogP contribution in [0.25, 0.3) is 10.9 Å². The number of unbranched alkanes of at least 4 members (excludes halogenated alkanes) is 3. The molecule has 11 heteroatoms. The molecule has 7 rings (SSSR count). The minimum atomic E-state index is -0.765. The molecule has 250 valence electrons. The van der Waals surface area contributed by atoms with E-state index in [1.54, 1.807) is 23.5 Å². The number of nitrogens with one attached hydrogen (secondary N) is 3. The van der Waals surface area contributed by atoms with Gasteiger partial charge in [-0.15, -0.1) is 0 Å². The summed E-state index contributed by atoms with van der Waals surface area (Å²) in [6, 6.07) is 15.8. The van der Waals surface area contributed by atoms with E-state index in [1.165, 1.54) is 12.1 Å². The Bertz CT molecular complexity index is 1670. The van der Waals surface area contributed by atoms with E-state index < -0.39 is 6.10 Å². The molecule has 4 aromatic rings. The normalized spacial score (nSPS) is 20.1. The highest BCUT2D eigenvalue weighted by molar-refractivity contribution is 7.08. The summed E-state index contributed by atoms with van der Waals surface area (Å²) in [6.45, 7) is 4.78. The molecule has 1 unspecified atom stereocenters. The van der Waals surface area contributed by atoms with Crippen molar-refractivity contribution in [3.63, 3.8) is 0 Å². The third-order valence-corrected chi connectivity index (χ3v) is 10.0. The van der Waals surface area contributed by atoms with Gasteiger partial charge in [-0.2, -0.15) is 11.3 Å². The first-order valence-corrected chi connectivity index (χ1v) is 17.6. The molecular weight excluding hydrogens is 616 g/mol. The van der Waals surface area contributed by atoms with Gasteiger partial charge in [-0.25, -0.2) is 4.79 Å². The lowest BCUT2D eigenvalue weighted by Gasteiger charge is -2.43. The Labute approximate surface area is 278 Å². The van der Waals surface area contributed by atoms with E-state index in [1.807, 2.05) is 35.7 Å². The topological polar surface area (TPSA) is 136 Å². The monoisotopic (exact) mass is 660 g/mol. The number of pyridine rings is 1. The first-order valence-electron chi connectivity index (χ1n) is 16.6. The number of aliphatic hydroxyl groups excluding tert-OH is 1. The van der Waals surface area contributed by atoms with Crippen molar-refractivity contribution in [1.29, 1.82) is 0 Å². The fourth-order valence-electron chi connectivity index (χ4n) is 6.71. The van der Waals surface area contributed by atoms with E-state index in [-0.39, 0.29) is 29.5 Å². The molecule has 2 aromatic heterocycles. The number of phenols is 1. The fraction of sp³-hybridized carbons (Fsp3) is 0.444. The Kier molecular flexibility index (Phi) is 11.1. The number of alkyl carbamates (subject to hydrolysis) is 1. The van der Waals surface area contributed by atoms with Crippen LogP contribution in [0.3, 0.4) is 0 Å². The van der Waals surface area contributed by atoms with E-state index in [0.29, 0.717) is 35.5 Å². The summed E-state index contributed by atoms with van der Waals surface area (Å²) in [4.78, 5) is 29.7. The number of phenolic OH excluding ortho intramolecular Hbond substituents is 1. The molecule has 3 saturated heterocycles. The van der Waals surface area contributed by atoms with Crippen LogP contribution in [0.2, 0.25) is 0 Å². The number of thiophene rings is 1. The van der Waals surface area contributed by atoms with Gasteiger partial charge in [0, 0.05) is 24.5 Å². The number of rotatable bonds is 15. The van der Waals surface area contributed by atoms with E-state index in [9.17, 15) is 19.8 Å². The van der Waals surface area contributed by atoms with Crippen molar-refractivity contribution in [3.8, 4) is 11.5 Å². The zero-order chi connectivity index (χ0) is 32.6. The van der Waals surface area contributed by atoms with Gasteiger partial charge in [-0.1, -0.05) is 31.0 Å². The van der Waals surface area contributed by atoms with Crippen molar-refractivity contribution in [2.75, 3.05) is 39.3 Å². The number of H-pyrrole nitrogens is 1. The number of benzene rings is 2. The second-order valence-corrected chi connectivity index (χ2v) is 13.3. The van der Waals surface area contributed by atoms with Crippen molar-refractivity contribution < 1.29 is 24.5 Å². The highest BCUT2D eigenvalue weighted by Crippen LogP contribution is 2.31. The number of fused-ring (bicyclic) bond motifs is 4. The molecule has 3 aliphatic rings. The quantitative estimate of drug-likeness (QED) is 0.106. The minimum absolute atomic E-state index is 0.0190. The third kappa shape index (κ3) is 8.53. The molecule has 10 nitrogen and oxygen atoms in total. The van der Waals surface area contributed by atoms with Gasteiger partial charge in [-0.05, 0) is 109 Å². The number of carbonyl (C=O) groups is 1. The summed E-state index contributed by atoms with van der Waals surface area (Å²) in [5, 5.41) is 31.9. The van der Waals surface area contributed by atoms with Crippen LogP contribution in [0.5, 0.6) is 11.5 Å². The molecule has 0 radical (unpaired) electrons. The highest BCUT2D eigenvalue weighted by atomic mass is 32.1. The van der Waals surface area contributed by atoms with E-state index in [2.05, 4.69) is 25.9 Å². The number of carbonyl (C=O) groups excluding carboxylic acids is 1. The summed E-state index contributed by atoms with van der Waals surface area (Å²) in [5.74, 6) is 1.21. The molecule has 0 saturated carbocycles. The van der Waals surface area contributed by atoms with Crippen LogP contribution in [0.1, 0.15) is 67.4 Å². The average Bonchev–Trinajstić information content (AvgIpc) is 3.62. The number of hydrogen-bond donors (Lipinski definition) is 5. The lowest BCUT2D eigenvalue weighted by atomic mass is 9.86. The van der Waals surface area contributed by atoms with Crippen LogP contribution < -0.4 is 20.9 Å². The lowest BCUT2D eigenvalue weighted by Crippen LogP contribution is -2.52. The zero-order valence-corrected chi connectivity index (χ0v) is 27.3. The molecule has 5 heterocycles. The number of aliphatic hydroxyl groups is 1. The molecule has 5 N–H and O–H groups in total. The van der Waals surface area contributed by atoms with E-state index in [4.69, 9.17) is 9.47 Å². The van der Waals surface area contributed by atoms with Crippen molar-refractivity contribution in [2.45, 2.75) is 56.8 Å². The number of nitrogens with zero attached hydrogens (tertiary/aromatic N) is 1. The average molecular weight is 661 g/mol. The maximum atomic E-state index is 13.0. The van der Waals surface area contributed by atoms with Crippen LogP contribution in [0, 0.1) is 5.92 Å². The van der Waals surface area contributed by atoms with E-state index in [0.717, 1.165) is 81.6 Å². The Balaban J connectivity index is 0.912. The minimum Gasteiger partial charge on any atom is -0.506 e. The predicted molar refractivity (Wildman–Crippen MR) is 183 cm³/mol. The molecule has 3 atom stereocenters. The van der Waals surface area contributed by atoms with Gasteiger partial charge in [0.05, 0.1) is 24.3 Å². The lowest BCUT2D eigenvalue weighted by molar-refractivity contribution is -0.0336. The molecule has 2 aromatic carbocycles. The second-order valence-electron chi connectivity index (χ2n) is 12.6. The maximum absolute atomic E-state index is 13.0. The largest absolute Gasteiger partial charge is 0.506 e. The standard InChI is InChI=1S/C36H44N4O6S/c41-30-10-8-28(29-9-11-33(43)38-35(29)30)31(42)21-37-15-3-1-2-4-18-45-27-7-5-6-25(20-27)34(26-14-19-47-23-26)39-36(44)46-32-22-40-16-12-24(32)13-17-40/h5-11,14,19-20,23-24,31-32,34,37,41-42H,1-4,12-13,15-18,21-22H2,(H,38,43)(H,39,44)/t31-,32-,34?/m0/s1.